The maximum absolute atomic E-state index is 12.5. The molecule has 1 aromatic heterocycles. The van der Waals surface area contributed by atoms with E-state index < -0.39 is 0 Å². The predicted octanol–water partition coefficient (Wildman–Crippen LogP) is 3.60. The average molecular weight is 345 g/mol. The van der Waals surface area contributed by atoms with E-state index in [9.17, 15) is 4.79 Å². The summed E-state index contributed by atoms with van der Waals surface area (Å²) in [6.45, 7) is 2.23. The van der Waals surface area contributed by atoms with Crippen LogP contribution in [0.3, 0.4) is 0 Å². The Hall–Kier alpha value is -2.07. The fraction of sp³-hybridized carbons (Fsp3) is 0.368. The first kappa shape index (κ1) is 16.8. The fourth-order valence-corrected chi connectivity index (χ4v) is 3.09. The van der Waals surface area contributed by atoms with Crippen molar-refractivity contribution in [2.75, 3.05) is 19.7 Å². The van der Waals surface area contributed by atoms with Crippen molar-refractivity contribution < 1.29 is 9.53 Å². The molecule has 126 valence electrons. The molecule has 1 aliphatic heterocycles. The van der Waals surface area contributed by atoms with Gasteiger partial charge in [0.1, 0.15) is 5.75 Å². The van der Waals surface area contributed by atoms with E-state index in [1.807, 2.05) is 41.3 Å². The molecule has 3 rings (SSSR count). The lowest BCUT2D eigenvalue weighted by molar-refractivity contribution is -0.132. The Bertz CT molecular complexity index is 661. The number of hydrogen-bond acceptors (Lipinski definition) is 3. The van der Waals surface area contributed by atoms with Crippen LogP contribution in [0, 0.1) is 5.92 Å². The standard InChI is InChI=1S/C19H21ClN2O2/c20-17-5-3-15(4-6-17)12-19(23)22-11-1-2-16(13-22)14-24-18-7-9-21-10-8-18/h3-10,16H,1-2,11-14H2. The van der Waals surface area contributed by atoms with Crippen molar-refractivity contribution in [3.05, 3.63) is 59.4 Å². The van der Waals surface area contributed by atoms with Gasteiger partial charge in [0.15, 0.2) is 0 Å². The number of carbonyl (C=O) groups is 1. The van der Waals surface area contributed by atoms with E-state index in [1.54, 1.807) is 12.4 Å². The van der Waals surface area contributed by atoms with Crippen LogP contribution in [0.15, 0.2) is 48.8 Å². The van der Waals surface area contributed by atoms with Crippen molar-refractivity contribution in [2.45, 2.75) is 19.3 Å². The van der Waals surface area contributed by atoms with Gasteiger partial charge in [0.2, 0.25) is 5.91 Å². The van der Waals surface area contributed by atoms with Crippen LogP contribution in [-0.2, 0) is 11.2 Å². The number of aromatic nitrogens is 1. The third-order valence-corrected chi connectivity index (χ3v) is 4.53. The molecule has 24 heavy (non-hydrogen) atoms. The minimum Gasteiger partial charge on any atom is -0.493 e. The van der Waals surface area contributed by atoms with E-state index in [0.717, 1.165) is 37.2 Å². The maximum Gasteiger partial charge on any atom is 0.227 e. The van der Waals surface area contributed by atoms with Crippen molar-refractivity contribution in [3.8, 4) is 5.75 Å². The molecule has 1 aliphatic rings. The lowest BCUT2D eigenvalue weighted by Gasteiger charge is -2.32. The molecule has 5 heteroatoms. The Labute approximate surface area is 147 Å². The maximum atomic E-state index is 12.5. The summed E-state index contributed by atoms with van der Waals surface area (Å²) in [5.41, 5.74) is 1.000. The highest BCUT2D eigenvalue weighted by molar-refractivity contribution is 6.30. The molecule has 0 aliphatic carbocycles. The van der Waals surface area contributed by atoms with Crippen LogP contribution >= 0.6 is 11.6 Å². The third-order valence-electron chi connectivity index (χ3n) is 4.28. The zero-order valence-electron chi connectivity index (χ0n) is 13.5. The number of benzene rings is 1. The second-order valence-electron chi connectivity index (χ2n) is 6.15. The summed E-state index contributed by atoms with van der Waals surface area (Å²) < 4.78 is 5.81. The molecule has 1 amide bonds. The zero-order valence-corrected chi connectivity index (χ0v) is 14.3. The van der Waals surface area contributed by atoms with Crippen LogP contribution in [0.5, 0.6) is 5.75 Å². The molecule has 0 spiro atoms. The first-order chi connectivity index (χ1) is 11.7. The van der Waals surface area contributed by atoms with Gasteiger partial charge in [-0.1, -0.05) is 23.7 Å². The number of amides is 1. The summed E-state index contributed by atoms with van der Waals surface area (Å²) in [5, 5.41) is 0.692. The van der Waals surface area contributed by atoms with Gasteiger partial charge in [-0.25, -0.2) is 0 Å². The number of pyridine rings is 1. The number of rotatable bonds is 5. The van der Waals surface area contributed by atoms with E-state index in [1.165, 1.54) is 0 Å². The van der Waals surface area contributed by atoms with Crippen LogP contribution in [0.2, 0.25) is 5.02 Å². The van der Waals surface area contributed by atoms with Gasteiger partial charge in [-0.3, -0.25) is 9.78 Å². The lowest BCUT2D eigenvalue weighted by atomic mass is 9.98. The largest absolute Gasteiger partial charge is 0.493 e. The highest BCUT2D eigenvalue weighted by Crippen LogP contribution is 2.20. The summed E-state index contributed by atoms with van der Waals surface area (Å²) in [6, 6.07) is 11.2. The number of carbonyl (C=O) groups excluding carboxylic acids is 1. The Morgan fingerprint density at radius 2 is 1.96 bits per heavy atom. The van der Waals surface area contributed by atoms with Gasteiger partial charge in [-0.2, -0.15) is 0 Å². The summed E-state index contributed by atoms with van der Waals surface area (Å²) in [6.07, 6.45) is 5.98. The van der Waals surface area contributed by atoms with Crippen molar-refractivity contribution in [1.82, 2.24) is 9.88 Å². The number of likely N-dealkylation sites (tertiary alicyclic amines) is 1. The minimum atomic E-state index is 0.172. The predicted molar refractivity (Wildman–Crippen MR) is 94.2 cm³/mol. The van der Waals surface area contributed by atoms with Gasteiger partial charge in [-0.05, 0) is 42.7 Å². The van der Waals surface area contributed by atoms with Crippen LogP contribution in [0.1, 0.15) is 18.4 Å². The topological polar surface area (TPSA) is 42.4 Å². The first-order valence-corrected chi connectivity index (χ1v) is 8.63. The van der Waals surface area contributed by atoms with E-state index in [0.29, 0.717) is 24.0 Å². The number of hydrogen-bond donors (Lipinski definition) is 0. The van der Waals surface area contributed by atoms with E-state index in [4.69, 9.17) is 16.3 Å². The molecule has 1 unspecified atom stereocenters. The zero-order chi connectivity index (χ0) is 16.8. The molecule has 1 aromatic carbocycles. The van der Waals surface area contributed by atoms with Gasteiger partial charge in [0, 0.05) is 36.4 Å². The summed E-state index contributed by atoms with van der Waals surface area (Å²) in [7, 11) is 0. The molecule has 1 atom stereocenters. The minimum absolute atomic E-state index is 0.172. The Balaban J connectivity index is 1.51. The molecule has 0 bridgehead atoms. The molecule has 1 fully saturated rings. The van der Waals surface area contributed by atoms with Crippen molar-refractivity contribution >= 4 is 17.5 Å². The molecule has 1 saturated heterocycles. The van der Waals surface area contributed by atoms with Crippen molar-refractivity contribution in [1.29, 1.82) is 0 Å². The average Bonchev–Trinajstić information content (AvgIpc) is 2.63. The number of nitrogens with zero attached hydrogens (tertiary/aromatic N) is 2. The summed E-state index contributed by atoms with van der Waals surface area (Å²) in [4.78, 5) is 18.5. The van der Waals surface area contributed by atoms with Crippen LogP contribution in [0.25, 0.3) is 0 Å². The molecule has 0 radical (unpaired) electrons. The summed E-state index contributed by atoms with van der Waals surface area (Å²) >= 11 is 5.89. The highest BCUT2D eigenvalue weighted by Gasteiger charge is 2.24. The first-order valence-electron chi connectivity index (χ1n) is 8.26. The molecule has 0 saturated carbocycles. The van der Waals surface area contributed by atoms with Gasteiger partial charge < -0.3 is 9.64 Å². The number of piperidine rings is 1. The Morgan fingerprint density at radius 1 is 1.21 bits per heavy atom. The van der Waals surface area contributed by atoms with Crippen LogP contribution < -0.4 is 4.74 Å². The van der Waals surface area contributed by atoms with Crippen molar-refractivity contribution in [2.24, 2.45) is 5.92 Å². The Kier molecular flexibility index (Phi) is 5.70. The van der Waals surface area contributed by atoms with E-state index in [2.05, 4.69) is 4.98 Å². The monoisotopic (exact) mass is 344 g/mol. The normalized spacial score (nSPS) is 17.5. The highest BCUT2D eigenvalue weighted by atomic mass is 35.5. The molecular formula is C19H21ClN2O2. The Morgan fingerprint density at radius 3 is 2.71 bits per heavy atom. The van der Waals surface area contributed by atoms with Gasteiger partial charge >= 0.3 is 0 Å². The van der Waals surface area contributed by atoms with Gasteiger partial charge in [0.05, 0.1) is 13.0 Å². The number of ether oxygens (including phenoxy) is 1. The SMILES string of the molecule is O=C(Cc1ccc(Cl)cc1)N1CCCC(COc2ccncc2)C1. The molecule has 4 nitrogen and oxygen atoms in total. The quantitative estimate of drug-likeness (QED) is 0.832. The van der Waals surface area contributed by atoms with E-state index in [-0.39, 0.29) is 5.91 Å². The van der Waals surface area contributed by atoms with Crippen LogP contribution in [0.4, 0.5) is 0 Å². The second kappa shape index (κ2) is 8.15. The third kappa shape index (κ3) is 4.71. The van der Waals surface area contributed by atoms with Crippen molar-refractivity contribution in [3.63, 3.8) is 0 Å². The lowest BCUT2D eigenvalue weighted by Crippen LogP contribution is -2.42. The fourth-order valence-electron chi connectivity index (χ4n) is 2.96. The van der Waals surface area contributed by atoms with Crippen LogP contribution in [-0.4, -0.2) is 35.5 Å². The smallest absolute Gasteiger partial charge is 0.227 e. The molecular weight excluding hydrogens is 324 g/mol. The molecule has 0 N–H and O–H groups in total. The molecule has 2 aromatic rings. The number of halogens is 1. The summed E-state index contributed by atoms with van der Waals surface area (Å²) in [5.74, 6) is 1.38. The van der Waals surface area contributed by atoms with Gasteiger partial charge in [-0.15, -0.1) is 0 Å². The molecule has 2 heterocycles. The van der Waals surface area contributed by atoms with Gasteiger partial charge in [0.25, 0.3) is 0 Å². The second-order valence-corrected chi connectivity index (χ2v) is 6.58. The van der Waals surface area contributed by atoms with E-state index >= 15 is 0 Å².